The molecule has 3 aromatic rings. The second kappa shape index (κ2) is 19.2. The van der Waals surface area contributed by atoms with E-state index in [4.69, 9.17) is 21.1 Å². The number of carbonyl (C=O) groups excluding carboxylic acids is 3. The zero-order valence-electron chi connectivity index (χ0n) is 29.5. The highest BCUT2D eigenvalue weighted by molar-refractivity contribution is 6.20. The van der Waals surface area contributed by atoms with Crippen LogP contribution in [0, 0.1) is 11.3 Å². The molecule has 11 heteroatoms. The van der Waals surface area contributed by atoms with Crippen LogP contribution in [0.15, 0.2) is 65.5 Å². The number of imidazole rings is 1. The van der Waals surface area contributed by atoms with Gasteiger partial charge in [-0.2, -0.15) is 0 Å². The molecule has 0 aliphatic carbocycles. The summed E-state index contributed by atoms with van der Waals surface area (Å²) in [7, 11) is 0. The Kier molecular flexibility index (Phi) is 15.4. The molecule has 1 heterocycles. The van der Waals surface area contributed by atoms with Gasteiger partial charge in [0.15, 0.2) is 0 Å². The highest BCUT2D eigenvalue weighted by Crippen LogP contribution is 2.33. The maximum atomic E-state index is 14.0. The van der Waals surface area contributed by atoms with Crippen molar-refractivity contribution in [1.82, 2.24) is 9.13 Å². The summed E-state index contributed by atoms with van der Waals surface area (Å²) in [6.07, 6.45) is 3.91. The van der Waals surface area contributed by atoms with Gasteiger partial charge in [0.1, 0.15) is 18.3 Å². The first-order chi connectivity index (χ1) is 23.3. The van der Waals surface area contributed by atoms with Gasteiger partial charge < -0.3 is 19.9 Å². The molecule has 3 rings (SSSR count). The van der Waals surface area contributed by atoms with Crippen molar-refractivity contribution in [3.05, 3.63) is 76.7 Å². The Hall–Kier alpha value is -4.05. The van der Waals surface area contributed by atoms with Crippen molar-refractivity contribution in [2.24, 2.45) is 11.3 Å². The first-order valence-corrected chi connectivity index (χ1v) is 17.7. The van der Waals surface area contributed by atoms with Gasteiger partial charge in [0, 0.05) is 17.6 Å². The smallest absolute Gasteiger partial charge is 0.334 e. The molecule has 2 aromatic carbocycles. The van der Waals surface area contributed by atoms with E-state index in [2.05, 4.69) is 12.2 Å². The third kappa shape index (κ3) is 12.1. The first kappa shape index (κ1) is 39.4. The average Bonchev–Trinajstić information content (AvgIpc) is 3.26. The summed E-state index contributed by atoms with van der Waals surface area (Å²) in [5.74, 6) is -2.53. The van der Waals surface area contributed by atoms with Crippen LogP contribution >= 0.6 is 11.6 Å². The minimum Gasteiger partial charge on any atom is -0.491 e. The number of unbranched alkanes of at least 4 members (excludes halogenated alkanes) is 4. The lowest BCUT2D eigenvalue weighted by Crippen LogP contribution is -2.41. The van der Waals surface area contributed by atoms with Crippen LogP contribution < -0.4 is 15.7 Å². The number of nitrogens with one attached hydrogen (secondary N) is 1. The summed E-state index contributed by atoms with van der Waals surface area (Å²) < 4.78 is 14.1. The molecule has 10 nitrogen and oxygen atoms in total. The lowest BCUT2D eigenvalue weighted by Gasteiger charge is -2.32. The van der Waals surface area contributed by atoms with Crippen LogP contribution in [-0.2, 0) is 32.2 Å². The van der Waals surface area contributed by atoms with Crippen molar-refractivity contribution < 1.29 is 29.0 Å². The first-order valence-electron chi connectivity index (χ1n) is 17.3. The number of rotatable bonds is 20. The summed E-state index contributed by atoms with van der Waals surface area (Å²) in [6.45, 7) is 9.58. The minimum atomic E-state index is -0.835. The van der Waals surface area contributed by atoms with Gasteiger partial charge >= 0.3 is 11.7 Å². The van der Waals surface area contributed by atoms with Gasteiger partial charge in [-0.05, 0) is 43.9 Å². The van der Waals surface area contributed by atoms with Crippen molar-refractivity contribution in [2.45, 2.75) is 111 Å². The molecule has 0 spiro atoms. The van der Waals surface area contributed by atoms with Crippen LogP contribution in [0.3, 0.4) is 0 Å². The monoisotopic (exact) mass is 697 g/mol. The Labute approximate surface area is 294 Å². The number of aromatic hydroxyl groups is 1. The number of Topliss-reactive ketones (excluding diaryl/α,β-unsaturated/α-hetero) is 1. The fourth-order valence-corrected chi connectivity index (χ4v) is 6.13. The number of alkyl halides is 1. The minimum absolute atomic E-state index is 0.0372. The summed E-state index contributed by atoms with van der Waals surface area (Å²) in [5, 5.41) is 13.0. The van der Waals surface area contributed by atoms with E-state index in [1.54, 1.807) is 52.0 Å². The molecule has 3 atom stereocenters. The highest BCUT2D eigenvalue weighted by Gasteiger charge is 2.39. The van der Waals surface area contributed by atoms with Gasteiger partial charge in [0.2, 0.25) is 5.91 Å². The normalized spacial score (nSPS) is 13.3. The number of aromatic nitrogens is 2. The molecule has 49 heavy (non-hydrogen) atoms. The third-order valence-electron chi connectivity index (χ3n) is 8.27. The quantitative estimate of drug-likeness (QED) is 0.0547. The van der Waals surface area contributed by atoms with E-state index in [1.807, 2.05) is 36.4 Å². The molecule has 1 amide bonds. The van der Waals surface area contributed by atoms with Gasteiger partial charge in [0.05, 0.1) is 24.4 Å². The number of ketones is 1. The SMILES string of the molecule is CCCCCCCC(OC(=O)CC(=O)Nc1ccccc1)C(CC(Cl)Cn1c(O)c(OCC)n(Cc2ccccc2)c1=O)C(=O)C(C)(C)C. The second-order valence-corrected chi connectivity index (χ2v) is 14.0. The molecular formula is C38H52ClN3O7. The molecule has 3 unspecified atom stereocenters. The number of ether oxygens (including phenoxy) is 2. The van der Waals surface area contributed by atoms with E-state index >= 15 is 0 Å². The molecule has 0 radical (unpaired) electrons. The Morgan fingerprint density at radius 2 is 1.55 bits per heavy atom. The van der Waals surface area contributed by atoms with Gasteiger partial charge in [-0.1, -0.05) is 102 Å². The average molecular weight is 698 g/mol. The van der Waals surface area contributed by atoms with E-state index in [0.717, 1.165) is 42.2 Å². The van der Waals surface area contributed by atoms with E-state index in [1.165, 1.54) is 4.57 Å². The molecule has 1 aromatic heterocycles. The largest absolute Gasteiger partial charge is 0.491 e. The van der Waals surface area contributed by atoms with Crippen molar-refractivity contribution >= 4 is 34.9 Å². The topological polar surface area (TPSA) is 129 Å². The standard InChI is InChI=1S/C38H52ClN3O7/c1-6-8-9-10-17-22-31(49-33(44)24-32(43)40-29-20-15-12-16-21-29)30(34(45)38(3,4)5)23-28(39)26-41-35(46)36(48-7-2)42(37(41)47)25-27-18-13-11-14-19-27/h11-16,18-21,28,30-31,46H,6-10,17,22-26H2,1-5H3,(H,40,43). The van der Waals surface area contributed by atoms with Crippen LogP contribution in [0.25, 0.3) is 0 Å². The van der Waals surface area contributed by atoms with Gasteiger partial charge in [-0.15, -0.1) is 11.6 Å². The van der Waals surface area contributed by atoms with E-state index in [9.17, 15) is 24.3 Å². The number of halogens is 1. The highest BCUT2D eigenvalue weighted by atomic mass is 35.5. The van der Waals surface area contributed by atoms with Crippen LogP contribution in [0.4, 0.5) is 5.69 Å². The predicted octanol–water partition coefficient (Wildman–Crippen LogP) is 7.33. The molecule has 2 N–H and O–H groups in total. The number of esters is 1. The molecular weight excluding hydrogens is 646 g/mol. The third-order valence-corrected chi connectivity index (χ3v) is 8.59. The Bertz CT molecular complexity index is 1550. The fourth-order valence-electron chi connectivity index (χ4n) is 5.80. The van der Waals surface area contributed by atoms with Crippen LogP contribution in [0.5, 0.6) is 11.8 Å². The van der Waals surface area contributed by atoms with Crippen LogP contribution in [-0.4, -0.2) is 50.0 Å². The molecule has 0 saturated heterocycles. The van der Waals surface area contributed by atoms with Gasteiger partial charge in [0.25, 0.3) is 11.8 Å². The molecule has 0 bridgehead atoms. The molecule has 0 saturated carbocycles. The lowest BCUT2D eigenvalue weighted by atomic mass is 9.77. The van der Waals surface area contributed by atoms with Crippen LogP contribution in [0.2, 0.25) is 0 Å². The van der Waals surface area contributed by atoms with E-state index in [0.29, 0.717) is 12.1 Å². The van der Waals surface area contributed by atoms with Crippen molar-refractivity contribution in [2.75, 3.05) is 11.9 Å². The Balaban J connectivity index is 1.86. The number of para-hydroxylation sites is 1. The summed E-state index contributed by atoms with van der Waals surface area (Å²) in [6, 6.07) is 18.2. The lowest BCUT2D eigenvalue weighted by molar-refractivity contribution is -0.156. The number of hydrogen-bond acceptors (Lipinski definition) is 7. The van der Waals surface area contributed by atoms with Crippen molar-refractivity contribution in [1.29, 1.82) is 0 Å². The zero-order chi connectivity index (χ0) is 36.0. The fraction of sp³-hybridized carbons (Fsp3) is 0.526. The Morgan fingerprint density at radius 1 is 0.918 bits per heavy atom. The number of carbonyl (C=O) groups is 3. The van der Waals surface area contributed by atoms with Crippen LogP contribution in [0.1, 0.15) is 91.5 Å². The Morgan fingerprint density at radius 3 is 2.16 bits per heavy atom. The molecule has 0 aliphatic rings. The number of nitrogens with zero attached hydrogens (tertiary/aromatic N) is 2. The van der Waals surface area contributed by atoms with Crippen molar-refractivity contribution in [3.8, 4) is 11.8 Å². The summed E-state index contributed by atoms with van der Waals surface area (Å²) in [4.78, 5) is 53.4. The summed E-state index contributed by atoms with van der Waals surface area (Å²) in [5.41, 5.74) is 0.112. The summed E-state index contributed by atoms with van der Waals surface area (Å²) >= 11 is 6.93. The molecule has 268 valence electrons. The number of amides is 1. The van der Waals surface area contributed by atoms with E-state index < -0.39 is 46.8 Å². The van der Waals surface area contributed by atoms with Gasteiger partial charge in [-0.25, -0.2) is 4.79 Å². The van der Waals surface area contributed by atoms with E-state index in [-0.39, 0.29) is 43.7 Å². The number of hydrogen-bond donors (Lipinski definition) is 2. The molecule has 0 aliphatic heterocycles. The second-order valence-electron chi connectivity index (χ2n) is 13.4. The molecule has 0 fully saturated rings. The van der Waals surface area contributed by atoms with Gasteiger partial charge in [-0.3, -0.25) is 23.5 Å². The number of anilines is 1. The predicted molar refractivity (Wildman–Crippen MR) is 192 cm³/mol. The maximum absolute atomic E-state index is 14.0. The van der Waals surface area contributed by atoms with Crippen molar-refractivity contribution in [3.63, 3.8) is 0 Å². The maximum Gasteiger partial charge on any atom is 0.334 e. The number of benzene rings is 2. The zero-order valence-corrected chi connectivity index (χ0v) is 30.2.